The molecule has 9 heteroatoms. The number of thiophene rings is 1. The molecule has 1 atom stereocenters. The molecule has 140 valence electrons. The first-order valence-electron chi connectivity index (χ1n) is 8.01. The Labute approximate surface area is 160 Å². The molecule has 0 spiro atoms. The fourth-order valence-corrected chi connectivity index (χ4v) is 3.79. The van der Waals surface area contributed by atoms with Crippen molar-refractivity contribution in [2.24, 2.45) is 5.73 Å². The molecule has 0 bridgehead atoms. The van der Waals surface area contributed by atoms with Crippen LogP contribution in [0.2, 0.25) is 0 Å². The second kappa shape index (κ2) is 8.98. The van der Waals surface area contributed by atoms with Gasteiger partial charge in [-0.05, 0) is 43.1 Å². The molecular weight excluding hydrogens is 379 g/mol. The minimum atomic E-state index is -0.739. The molecule has 2 aromatic rings. The SMILES string of the molecule is Cl.NC(=O)Nc1cc(-c2ccc(F)cc2)sc1C(=O)N[C@H]1CCCNC1. The predicted molar refractivity (Wildman–Crippen MR) is 104 cm³/mol. The van der Waals surface area contributed by atoms with E-state index >= 15 is 0 Å². The first-order valence-corrected chi connectivity index (χ1v) is 8.82. The number of nitrogens with one attached hydrogen (secondary N) is 3. The molecule has 0 radical (unpaired) electrons. The van der Waals surface area contributed by atoms with Gasteiger partial charge in [-0.2, -0.15) is 0 Å². The zero-order valence-electron chi connectivity index (χ0n) is 13.9. The number of rotatable bonds is 4. The van der Waals surface area contributed by atoms with Crippen LogP contribution in [0.25, 0.3) is 10.4 Å². The van der Waals surface area contributed by atoms with Gasteiger partial charge in [0.25, 0.3) is 5.91 Å². The zero-order valence-corrected chi connectivity index (χ0v) is 15.5. The van der Waals surface area contributed by atoms with E-state index in [1.54, 1.807) is 18.2 Å². The lowest BCUT2D eigenvalue weighted by molar-refractivity contribution is 0.0935. The summed E-state index contributed by atoms with van der Waals surface area (Å²) in [5.74, 6) is -0.589. The van der Waals surface area contributed by atoms with Gasteiger partial charge in [0, 0.05) is 17.5 Å². The van der Waals surface area contributed by atoms with Crippen molar-refractivity contribution in [2.75, 3.05) is 18.4 Å². The number of hydrogen-bond acceptors (Lipinski definition) is 4. The molecule has 0 saturated carbocycles. The number of urea groups is 1. The summed E-state index contributed by atoms with van der Waals surface area (Å²) < 4.78 is 13.1. The maximum Gasteiger partial charge on any atom is 0.316 e. The molecule has 0 aliphatic carbocycles. The number of nitrogens with two attached hydrogens (primary N) is 1. The van der Waals surface area contributed by atoms with E-state index in [0.29, 0.717) is 10.6 Å². The number of piperidine rings is 1. The van der Waals surface area contributed by atoms with E-state index in [9.17, 15) is 14.0 Å². The molecule has 0 unspecified atom stereocenters. The molecule has 1 aliphatic heterocycles. The van der Waals surface area contributed by atoms with Crippen LogP contribution in [0, 0.1) is 5.82 Å². The Morgan fingerprint density at radius 3 is 2.62 bits per heavy atom. The van der Waals surface area contributed by atoms with Gasteiger partial charge in [0.15, 0.2) is 0 Å². The summed E-state index contributed by atoms with van der Waals surface area (Å²) in [6, 6.07) is 6.95. The van der Waals surface area contributed by atoms with Crippen LogP contribution < -0.4 is 21.7 Å². The minimum absolute atomic E-state index is 0. The van der Waals surface area contributed by atoms with Crippen molar-refractivity contribution in [3.05, 3.63) is 41.0 Å². The highest BCUT2D eigenvalue weighted by molar-refractivity contribution is 7.18. The number of anilines is 1. The van der Waals surface area contributed by atoms with Gasteiger partial charge in [0.1, 0.15) is 10.7 Å². The van der Waals surface area contributed by atoms with Gasteiger partial charge >= 0.3 is 6.03 Å². The lowest BCUT2D eigenvalue weighted by atomic mass is 10.1. The second-order valence-corrected chi connectivity index (χ2v) is 6.92. The van der Waals surface area contributed by atoms with Crippen molar-refractivity contribution in [2.45, 2.75) is 18.9 Å². The minimum Gasteiger partial charge on any atom is -0.351 e. The lowest BCUT2D eigenvalue weighted by Gasteiger charge is -2.23. The van der Waals surface area contributed by atoms with Gasteiger partial charge in [-0.1, -0.05) is 12.1 Å². The third-order valence-electron chi connectivity index (χ3n) is 3.96. The van der Waals surface area contributed by atoms with E-state index in [1.807, 2.05) is 0 Å². The van der Waals surface area contributed by atoms with Crippen LogP contribution in [0.3, 0.4) is 0 Å². The molecule has 3 amide bonds. The van der Waals surface area contributed by atoms with E-state index in [1.165, 1.54) is 23.5 Å². The van der Waals surface area contributed by atoms with Crippen LogP contribution in [0.4, 0.5) is 14.9 Å². The number of benzene rings is 1. The van der Waals surface area contributed by atoms with Gasteiger partial charge < -0.3 is 21.7 Å². The third kappa shape index (κ3) is 4.94. The van der Waals surface area contributed by atoms with Crippen LogP contribution in [-0.2, 0) is 0 Å². The van der Waals surface area contributed by atoms with Crippen LogP contribution in [0.1, 0.15) is 22.5 Å². The number of primary amides is 1. The quantitative estimate of drug-likeness (QED) is 0.637. The Morgan fingerprint density at radius 2 is 2.00 bits per heavy atom. The summed E-state index contributed by atoms with van der Waals surface area (Å²) in [5, 5.41) is 8.71. The van der Waals surface area contributed by atoms with E-state index in [0.717, 1.165) is 36.4 Å². The summed E-state index contributed by atoms with van der Waals surface area (Å²) >= 11 is 1.23. The predicted octanol–water partition coefficient (Wildman–Crippen LogP) is 2.95. The Bertz CT molecular complexity index is 776. The summed E-state index contributed by atoms with van der Waals surface area (Å²) in [4.78, 5) is 25.0. The number of halogens is 2. The van der Waals surface area contributed by atoms with Crippen molar-refractivity contribution >= 4 is 41.4 Å². The summed E-state index contributed by atoms with van der Waals surface area (Å²) in [6.07, 6.45) is 1.91. The summed E-state index contributed by atoms with van der Waals surface area (Å²) in [5.41, 5.74) is 6.33. The molecule has 1 aromatic heterocycles. The van der Waals surface area contributed by atoms with Crippen LogP contribution in [0.15, 0.2) is 30.3 Å². The average Bonchev–Trinajstić information content (AvgIpc) is 2.99. The van der Waals surface area contributed by atoms with Crippen molar-refractivity contribution in [1.29, 1.82) is 0 Å². The van der Waals surface area contributed by atoms with E-state index in [2.05, 4.69) is 16.0 Å². The third-order valence-corrected chi connectivity index (χ3v) is 5.14. The first kappa shape index (κ1) is 20.2. The lowest BCUT2D eigenvalue weighted by Crippen LogP contribution is -2.45. The number of hydrogen-bond donors (Lipinski definition) is 4. The van der Waals surface area contributed by atoms with E-state index in [-0.39, 0.29) is 30.2 Å². The number of carbonyl (C=O) groups excluding carboxylic acids is 2. The molecule has 26 heavy (non-hydrogen) atoms. The van der Waals surface area contributed by atoms with Crippen molar-refractivity contribution in [3.8, 4) is 10.4 Å². The average molecular weight is 399 g/mol. The highest BCUT2D eigenvalue weighted by atomic mass is 35.5. The maximum atomic E-state index is 13.1. The van der Waals surface area contributed by atoms with Crippen molar-refractivity contribution in [1.82, 2.24) is 10.6 Å². The van der Waals surface area contributed by atoms with Gasteiger partial charge in [0.05, 0.1) is 5.69 Å². The standard InChI is InChI=1S/C17H19FN4O2S.ClH/c18-11-5-3-10(4-6-11)14-8-13(22-17(19)24)15(25-14)16(23)21-12-2-1-7-20-9-12;/h3-6,8,12,20H,1-2,7,9H2,(H,21,23)(H3,19,22,24);1H/t12-;/m0./s1. The van der Waals surface area contributed by atoms with Gasteiger partial charge in [-0.15, -0.1) is 23.7 Å². The molecule has 6 nitrogen and oxygen atoms in total. The van der Waals surface area contributed by atoms with Crippen molar-refractivity contribution < 1.29 is 14.0 Å². The fraction of sp³-hybridized carbons (Fsp3) is 0.294. The van der Waals surface area contributed by atoms with Crippen molar-refractivity contribution in [3.63, 3.8) is 0 Å². The van der Waals surface area contributed by atoms with Crippen LogP contribution in [0.5, 0.6) is 0 Å². The van der Waals surface area contributed by atoms with Gasteiger partial charge in [-0.25, -0.2) is 9.18 Å². The molecule has 3 rings (SSSR count). The molecule has 1 fully saturated rings. The fourth-order valence-electron chi connectivity index (χ4n) is 2.77. The summed E-state index contributed by atoms with van der Waals surface area (Å²) in [6.45, 7) is 1.68. The Kier molecular flexibility index (Phi) is 6.96. The first-order chi connectivity index (χ1) is 12.0. The molecule has 1 aliphatic rings. The molecule has 5 N–H and O–H groups in total. The second-order valence-electron chi connectivity index (χ2n) is 5.87. The van der Waals surface area contributed by atoms with Gasteiger partial charge in [0.2, 0.25) is 0 Å². The normalized spacial score (nSPS) is 16.4. The Hall–Kier alpha value is -2.16. The largest absolute Gasteiger partial charge is 0.351 e. The Morgan fingerprint density at radius 1 is 1.27 bits per heavy atom. The summed E-state index contributed by atoms with van der Waals surface area (Å²) in [7, 11) is 0. The van der Waals surface area contributed by atoms with Gasteiger partial charge in [-0.3, -0.25) is 4.79 Å². The Balaban J connectivity index is 0.00000243. The van der Waals surface area contributed by atoms with Crippen LogP contribution >= 0.6 is 23.7 Å². The molecular formula is C17H20ClFN4O2S. The number of carbonyl (C=O) groups is 2. The maximum absolute atomic E-state index is 13.1. The zero-order chi connectivity index (χ0) is 17.8. The molecule has 1 aromatic carbocycles. The molecule has 1 saturated heterocycles. The highest BCUT2D eigenvalue weighted by Crippen LogP contribution is 2.35. The van der Waals surface area contributed by atoms with Crippen LogP contribution in [-0.4, -0.2) is 31.1 Å². The highest BCUT2D eigenvalue weighted by Gasteiger charge is 2.22. The van der Waals surface area contributed by atoms with E-state index < -0.39 is 6.03 Å². The molecule has 2 heterocycles. The topological polar surface area (TPSA) is 96.2 Å². The smallest absolute Gasteiger partial charge is 0.316 e. The monoisotopic (exact) mass is 398 g/mol. The number of amides is 3. The van der Waals surface area contributed by atoms with E-state index in [4.69, 9.17) is 5.73 Å².